The van der Waals surface area contributed by atoms with Gasteiger partial charge >= 0.3 is 6.09 Å². The van der Waals surface area contributed by atoms with Gasteiger partial charge in [-0.3, -0.25) is 4.79 Å². The van der Waals surface area contributed by atoms with E-state index in [0.717, 1.165) is 62.1 Å². The van der Waals surface area contributed by atoms with Crippen LogP contribution in [0.15, 0.2) is 29.4 Å². The Kier molecular flexibility index (Phi) is 18.3. The normalized spacial score (nSPS) is 43.5. The number of alkyl carbamates (subject to hydrolysis) is 1. The van der Waals surface area contributed by atoms with E-state index in [-0.39, 0.29) is 85.8 Å². The zero-order chi connectivity index (χ0) is 46.4. The molecular formula is C49H80N2O11S2. The van der Waals surface area contributed by atoms with E-state index >= 15 is 0 Å². The Bertz CT molecular complexity index is 1630. The minimum Gasteiger partial charge on any atom is -0.483 e. The third kappa shape index (κ3) is 11.9. The van der Waals surface area contributed by atoms with Crippen LogP contribution in [0.5, 0.6) is 0 Å². The molecule has 64 heavy (non-hydrogen) atoms. The third-order valence-electron chi connectivity index (χ3n) is 15.5. The number of methoxy groups -OCH3 is 1. The molecule has 7 heterocycles. The van der Waals surface area contributed by atoms with Crippen LogP contribution in [0.4, 0.5) is 4.79 Å². The van der Waals surface area contributed by atoms with Crippen LogP contribution >= 0.6 is 21.6 Å². The second-order valence-corrected chi connectivity index (χ2v) is 23.3. The second-order valence-electron chi connectivity index (χ2n) is 20.8. The fourth-order valence-corrected chi connectivity index (χ4v) is 14.0. The summed E-state index contributed by atoms with van der Waals surface area (Å²) in [5.41, 5.74) is -0.968. The van der Waals surface area contributed by atoms with Gasteiger partial charge in [-0.25, -0.2) is 9.78 Å². The number of pyridine rings is 1. The fraction of sp³-hybridized carbons (Fsp3) is 0.857. The van der Waals surface area contributed by atoms with Crippen molar-refractivity contribution in [2.24, 2.45) is 41.4 Å². The molecule has 0 aliphatic carbocycles. The average Bonchev–Trinajstić information content (AvgIpc) is 3.93. The smallest absolute Gasteiger partial charge is 0.407 e. The first-order chi connectivity index (χ1) is 30.4. The number of ether oxygens (including phenoxy) is 8. The molecular weight excluding hydrogens is 857 g/mol. The Morgan fingerprint density at radius 1 is 0.953 bits per heavy atom. The number of hydrogen-bond donors (Lipinski definition) is 2. The van der Waals surface area contributed by atoms with Gasteiger partial charge in [-0.1, -0.05) is 72.3 Å². The highest BCUT2D eigenvalue weighted by Crippen LogP contribution is 2.57. The largest absolute Gasteiger partial charge is 0.483 e. The van der Waals surface area contributed by atoms with Gasteiger partial charge in [0, 0.05) is 50.3 Å². The number of nitrogens with one attached hydrogen (secondary N) is 1. The van der Waals surface area contributed by atoms with Gasteiger partial charge in [0.1, 0.15) is 11.6 Å². The van der Waals surface area contributed by atoms with Crippen LogP contribution in [-0.4, -0.2) is 121 Å². The molecule has 1 amide bonds. The highest BCUT2D eigenvalue weighted by molar-refractivity contribution is 8.76. The van der Waals surface area contributed by atoms with E-state index in [1.165, 1.54) is 6.42 Å². The minimum absolute atomic E-state index is 0.00392. The third-order valence-corrected chi connectivity index (χ3v) is 17.7. The predicted molar refractivity (Wildman–Crippen MR) is 249 cm³/mol. The molecule has 1 aromatic rings. The molecule has 364 valence electrons. The zero-order valence-electron chi connectivity index (χ0n) is 40.4. The molecule has 0 aromatic carbocycles. The number of hydrogen-bond acceptors (Lipinski definition) is 13. The first kappa shape index (κ1) is 51.7. The summed E-state index contributed by atoms with van der Waals surface area (Å²) in [4.78, 5) is 25.3. The van der Waals surface area contributed by atoms with Crippen molar-refractivity contribution in [1.82, 2.24) is 10.3 Å². The van der Waals surface area contributed by atoms with E-state index in [0.29, 0.717) is 30.2 Å². The maximum Gasteiger partial charge on any atom is 0.407 e. The number of amides is 1. The number of nitrogens with zero attached hydrogens (tertiary/aromatic N) is 1. The van der Waals surface area contributed by atoms with Gasteiger partial charge in [-0.05, 0) is 111 Å². The highest BCUT2D eigenvalue weighted by Gasteiger charge is 2.65. The van der Waals surface area contributed by atoms with Gasteiger partial charge in [-0.15, -0.1) is 0 Å². The number of carboxylic acid groups (broad SMARTS) is 1. The summed E-state index contributed by atoms with van der Waals surface area (Å²) >= 11 is 0. The molecule has 13 nitrogen and oxygen atoms in total. The van der Waals surface area contributed by atoms with Gasteiger partial charge in [0.05, 0.1) is 66.1 Å². The number of carbonyl (C=O) groups excluding carboxylic acids is 1. The Morgan fingerprint density at radius 2 is 1.72 bits per heavy atom. The lowest BCUT2D eigenvalue weighted by Gasteiger charge is -2.50. The lowest BCUT2D eigenvalue weighted by Crippen LogP contribution is -2.58. The summed E-state index contributed by atoms with van der Waals surface area (Å²) < 4.78 is 54.2. The van der Waals surface area contributed by atoms with Gasteiger partial charge in [-0.2, -0.15) is 0 Å². The Labute approximate surface area is 391 Å². The SMILES string of the molecule is COC1C[C@@H](CC2CCC(C)C(C(C)C)O2)O[C@]2(OC(C)(C3CCC(C)(C4OC(C5OC(COC(=O)NCCSSc6ccccn6)C(C)CC5C)CC4C)O3)CC2C)C1C.O=CO. The van der Waals surface area contributed by atoms with Crippen molar-refractivity contribution in [2.75, 3.05) is 26.0 Å². The highest BCUT2D eigenvalue weighted by atomic mass is 33.1. The fourth-order valence-electron chi connectivity index (χ4n) is 12.3. The Balaban J connectivity index is 0.00000220. The van der Waals surface area contributed by atoms with Crippen molar-refractivity contribution in [3.05, 3.63) is 24.4 Å². The molecule has 16 unspecified atom stereocenters. The van der Waals surface area contributed by atoms with E-state index in [1.54, 1.807) is 27.8 Å². The summed E-state index contributed by atoms with van der Waals surface area (Å²) in [6.07, 6.45) is 9.95. The van der Waals surface area contributed by atoms with E-state index < -0.39 is 23.1 Å². The van der Waals surface area contributed by atoms with E-state index in [9.17, 15) is 4.79 Å². The van der Waals surface area contributed by atoms with Crippen LogP contribution in [0.1, 0.15) is 127 Å². The number of aromatic nitrogens is 1. The maximum atomic E-state index is 12.6. The van der Waals surface area contributed by atoms with Crippen LogP contribution in [0.25, 0.3) is 0 Å². The Morgan fingerprint density at radius 3 is 2.42 bits per heavy atom. The predicted octanol–water partition coefficient (Wildman–Crippen LogP) is 9.59. The lowest BCUT2D eigenvalue weighted by molar-refractivity contribution is -0.352. The zero-order valence-corrected chi connectivity index (χ0v) is 42.0. The second kappa shape index (κ2) is 22.6. The standard InChI is InChI=1S/C48H78N2O9S2.CH2O2/c1-28(2)42-29(3)15-16-35(54-42)24-36-25-37(52-11)34(8)48(57-36)33(7)26-47(10,59-48)40-17-18-46(9,58-40)44-32(6)23-38(56-44)43-31(5)22-30(4)39(55-43)27-53-45(51)50-20-21-60-61-41-14-12-13-19-49-41;2-1-3/h12-14,19,28-40,42-44H,15-18,20-27H2,1-11H3,(H,50,51);1H,(H,2,3)/t29?,30?,31?,32?,33?,34?,35?,36-,37?,38?,39?,40?,42?,43?,44?,46?,47?,48-;/m1./s1. The molecule has 7 rings (SSSR count). The van der Waals surface area contributed by atoms with Gasteiger partial charge < -0.3 is 48.3 Å². The molecule has 0 saturated carbocycles. The van der Waals surface area contributed by atoms with Crippen molar-refractivity contribution < 1.29 is 52.6 Å². The van der Waals surface area contributed by atoms with Gasteiger partial charge in [0.15, 0.2) is 5.79 Å². The van der Waals surface area contributed by atoms with E-state index in [2.05, 4.69) is 79.5 Å². The molecule has 6 aliphatic rings. The van der Waals surface area contributed by atoms with Gasteiger partial charge in [0.25, 0.3) is 6.47 Å². The molecule has 15 heteroatoms. The summed E-state index contributed by atoms with van der Waals surface area (Å²) in [5.74, 6) is 2.19. The van der Waals surface area contributed by atoms with Crippen LogP contribution < -0.4 is 5.32 Å². The van der Waals surface area contributed by atoms with Crippen molar-refractivity contribution in [2.45, 2.75) is 204 Å². The Hall–Kier alpha value is -1.69. The first-order valence-electron chi connectivity index (χ1n) is 24.2. The molecule has 0 bridgehead atoms. The van der Waals surface area contributed by atoms with Crippen LogP contribution in [0, 0.1) is 41.4 Å². The number of carbonyl (C=O) groups is 2. The van der Waals surface area contributed by atoms with Crippen LogP contribution in [0.3, 0.4) is 0 Å². The minimum atomic E-state index is -0.756. The average molecular weight is 937 g/mol. The van der Waals surface area contributed by atoms with Crippen LogP contribution in [-0.2, 0) is 42.7 Å². The van der Waals surface area contributed by atoms with Crippen LogP contribution in [0.2, 0.25) is 0 Å². The summed E-state index contributed by atoms with van der Waals surface area (Å²) in [6.45, 7) is 23.2. The molecule has 6 aliphatic heterocycles. The molecule has 2 N–H and O–H groups in total. The summed E-state index contributed by atoms with van der Waals surface area (Å²) in [5, 5.41) is 10.7. The molecule has 6 fully saturated rings. The van der Waals surface area contributed by atoms with E-state index in [4.69, 9.17) is 47.8 Å². The van der Waals surface area contributed by atoms with Crippen molar-refractivity contribution in [3.8, 4) is 0 Å². The molecule has 18 atom stereocenters. The summed E-state index contributed by atoms with van der Waals surface area (Å²) in [7, 11) is 5.09. The summed E-state index contributed by atoms with van der Waals surface area (Å²) in [6, 6.07) is 5.85. The van der Waals surface area contributed by atoms with Crippen molar-refractivity contribution in [1.29, 1.82) is 0 Å². The first-order valence-corrected chi connectivity index (χ1v) is 26.5. The lowest BCUT2D eigenvalue weighted by atomic mass is 9.78. The van der Waals surface area contributed by atoms with Crippen molar-refractivity contribution >= 4 is 34.2 Å². The van der Waals surface area contributed by atoms with E-state index in [1.807, 2.05) is 25.3 Å². The van der Waals surface area contributed by atoms with Crippen molar-refractivity contribution in [3.63, 3.8) is 0 Å². The topological polar surface area (TPSA) is 153 Å². The molecule has 6 saturated heterocycles. The van der Waals surface area contributed by atoms with Gasteiger partial charge in [0.2, 0.25) is 0 Å². The molecule has 1 spiro atoms. The quantitative estimate of drug-likeness (QED) is 0.103. The molecule has 0 radical (unpaired) electrons. The molecule has 1 aromatic heterocycles. The maximum absolute atomic E-state index is 12.6. The number of rotatable bonds is 14. The monoisotopic (exact) mass is 937 g/mol.